The van der Waals surface area contributed by atoms with Gasteiger partial charge in [0.1, 0.15) is 0 Å². The van der Waals surface area contributed by atoms with E-state index in [2.05, 4.69) is 4.98 Å². The molecule has 0 saturated heterocycles. The number of pyridine rings is 1. The van der Waals surface area contributed by atoms with Gasteiger partial charge in [0, 0.05) is 11.3 Å². The summed E-state index contributed by atoms with van der Waals surface area (Å²) in [5.41, 5.74) is 2.15. The van der Waals surface area contributed by atoms with Crippen LogP contribution in [0.2, 0.25) is 0 Å². The molecular weight excluding hydrogens is 152 g/mol. The summed E-state index contributed by atoms with van der Waals surface area (Å²) in [7, 11) is 0. The maximum Gasteiger partial charge on any atom is 0.252 e. The van der Waals surface area contributed by atoms with E-state index in [1.165, 1.54) is 0 Å². The van der Waals surface area contributed by atoms with Crippen LogP contribution in [0.15, 0.2) is 10.9 Å². The van der Waals surface area contributed by atoms with Crippen LogP contribution in [0.1, 0.15) is 16.8 Å². The number of aromatic amines is 1. The molecule has 62 valence electrons. The number of aryl methyl sites for hydroxylation is 2. The molecule has 0 spiro atoms. The third-order valence-electron chi connectivity index (χ3n) is 1.75. The second-order valence-electron chi connectivity index (χ2n) is 2.78. The fourth-order valence-electron chi connectivity index (χ4n) is 1.18. The lowest BCUT2D eigenvalue weighted by molar-refractivity contribution is 1.05. The van der Waals surface area contributed by atoms with E-state index in [9.17, 15) is 4.79 Å². The maximum atomic E-state index is 11.2. The summed E-state index contributed by atoms with van der Waals surface area (Å²) in [6.07, 6.45) is 0.182. The van der Waals surface area contributed by atoms with Crippen LogP contribution in [0, 0.1) is 25.2 Å². The number of H-pyrrole nitrogens is 1. The lowest BCUT2D eigenvalue weighted by Crippen LogP contribution is -2.14. The molecule has 0 radical (unpaired) electrons. The van der Waals surface area contributed by atoms with E-state index in [0.717, 1.165) is 11.3 Å². The first-order valence-electron chi connectivity index (χ1n) is 3.71. The quantitative estimate of drug-likeness (QED) is 0.671. The average molecular weight is 162 g/mol. The average Bonchev–Trinajstić information content (AvgIpc) is 1.96. The van der Waals surface area contributed by atoms with Gasteiger partial charge in [0.2, 0.25) is 0 Å². The van der Waals surface area contributed by atoms with Crippen molar-refractivity contribution in [2.24, 2.45) is 0 Å². The third kappa shape index (κ3) is 1.54. The Hall–Kier alpha value is -1.56. The first-order chi connectivity index (χ1) is 5.65. The van der Waals surface area contributed by atoms with Gasteiger partial charge in [0.25, 0.3) is 5.56 Å². The smallest absolute Gasteiger partial charge is 0.252 e. The van der Waals surface area contributed by atoms with Crippen LogP contribution in [0.3, 0.4) is 0 Å². The molecule has 1 aromatic heterocycles. The van der Waals surface area contributed by atoms with Crippen LogP contribution in [0.5, 0.6) is 0 Å². The SMILES string of the molecule is Cc1cc(C)c(CC#N)c(=O)[nH]1. The molecule has 0 amide bonds. The zero-order valence-electron chi connectivity index (χ0n) is 7.14. The predicted octanol–water partition coefficient (Wildman–Crippen LogP) is 1.06. The monoisotopic (exact) mass is 162 g/mol. The highest BCUT2D eigenvalue weighted by molar-refractivity contribution is 5.27. The Labute approximate surface area is 70.7 Å². The van der Waals surface area contributed by atoms with Crippen molar-refractivity contribution < 1.29 is 0 Å². The molecule has 0 saturated carbocycles. The Balaban J connectivity index is 3.31. The summed E-state index contributed by atoms with van der Waals surface area (Å²) in [6.45, 7) is 3.67. The molecule has 0 aliphatic carbocycles. The number of nitrogens with one attached hydrogen (secondary N) is 1. The highest BCUT2D eigenvalue weighted by Crippen LogP contribution is 2.02. The number of hydrogen-bond donors (Lipinski definition) is 1. The van der Waals surface area contributed by atoms with E-state index in [-0.39, 0.29) is 12.0 Å². The topological polar surface area (TPSA) is 56.6 Å². The molecule has 1 heterocycles. The third-order valence-corrected chi connectivity index (χ3v) is 1.75. The summed E-state index contributed by atoms with van der Waals surface area (Å²) >= 11 is 0. The minimum atomic E-state index is -0.144. The van der Waals surface area contributed by atoms with Crippen LogP contribution < -0.4 is 5.56 Å². The molecule has 0 bridgehead atoms. The van der Waals surface area contributed by atoms with Gasteiger partial charge in [-0.25, -0.2) is 0 Å². The highest BCUT2D eigenvalue weighted by atomic mass is 16.1. The Morgan fingerprint density at radius 2 is 2.25 bits per heavy atom. The van der Waals surface area contributed by atoms with E-state index in [0.29, 0.717) is 5.56 Å². The van der Waals surface area contributed by atoms with Gasteiger partial charge in [0.15, 0.2) is 0 Å². The van der Waals surface area contributed by atoms with Gasteiger partial charge >= 0.3 is 0 Å². The standard InChI is InChI=1S/C9H10N2O/c1-6-5-7(2)11-9(12)8(6)3-4-10/h5H,3H2,1-2H3,(H,11,12). The molecule has 0 aliphatic rings. The van der Waals surface area contributed by atoms with Gasteiger partial charge in [0.05, 0.1) is 12.5 Å². The normalized spacial score (nSPS) is 9.42. The van der Waals surface area contributed by atoms with Crippen molar-refractivity contribution in [3.05, 3.63) is 33.2 Å². The van der Waals surface area contributed by atoms with Crippen molar-refractivity contribution in [1.29, 1.82) is 5.26 Å². The maximum absolute atomic E-state index is 11.2. The van der Waals surface area contributed by atoms with Gasteiger partial charge in [-0.3, -0.25) is 4.79 Å². The Bertz CT molecular complexity index is 384. The summed E-state index contributed by atoms with van der Waals surface area (Å²) < 4.78 is 0. The summed E-state index contributed by atoms with van der Waals surface area (Å²) in [5.74, 6) is 0. The molecule has 1 rings (SSSR count). The van der Waals surface area contributed by atoms with Crippen LogP contribution >= 0.6 is 0 Å². The van der Waals surface area contributed by atoms with Crippen LogP contribution in [-0.4, -0.2) is 4.98 Å². The van der Waals surface area contributed by atoms with Gasteiger partial charge < -0.3 is 4.98 Å². The number of nitriles is 1. The summed E-state index contributed by atoms with van der Waals surface area (Å²) in [4.78, 5) is 13.9. The van der Waals surface area contributed by atoms with Crippen LogP contribution in [0.25, 0.3) is 0 Å². The molecule has 3 heteroatoms. The van der Waals surface area contributed by atoms with Crippen molar-refractivity contribution in [3.8, 4) is 6.07 Å². The van der Waals surface area contributed by atoms with Crippen molar-refractivity contribution in [1.82, 2.24) is 4.98 Å². The fraction of sp³-hybridized carbons (Fsp3) is 0.333. The van der Waals surface area contributed by atoms with Gasteiger partial charge in [-0.05, 0) is 25.5 Å². The molecule has 0 atom stereocenters. The summed E-state index contributed by atoms with van der Waals surface area (Å²) in [6, 6.07) is 3.83. The first kappa shape index (κ1) is 8.54. The Kier molecular flexibility index (Phi) is 2.29. The zero-order valence-corrected chi connectivity index (χ0v) is 7.14. The van der Waals surface area contributed by atoms with Gasteiger partial charge in [-0.1, -0.05) is 0 Å². The molecule has 0 fully saturated rings. The molecule has 1 N–H and O–H groups in total. The second kappa shape index (κ2) is 3.22. The minimum Gasteiger partial charge on any atom is -0.326 e. The van der Waals surface area contributed by atoms with Crippen LogP contribution in [-0.2, 0) is 6.42 Å². The van der Waals surface area contributed by atoms with E-state index in [4.69, 9.17) is 5.26 Å². The first-order valence-corrected chi connectivity index (χ1v) is 3.71. The fourth-order valence-corrected chi connectivity index (χ4v) is 1.18. The van der Waals surface area contributed by atoms with Crippen molar-refractivity contribution in [2.75, 3.05) is 0 Å². The highest BCUT2D eigenvalue weighted by Gasteiger charge is 2.02. The van der Waals surface area contributed by atoms with E-state index < -0.39 is 0 Å². The largest absolute Gasteiger partial charge is 0.326 e. The van der Waals surface area contributed by atoms with Crippen molar-refractivity contribution >= 4 is 0 Å². The number of hydrogen-bond acceptors (Lipinski definition) is 2. The van der Waals surface area contributed by atoms with E-state index in [1.807, 2.05) is 26.0 Å². The number of aromatic nitrogens is 1. The molecule has 3 nitrogen and oxygen atoms in total. The molecule has 0 unspecified atom stereocenters. The Morgan fingerprint density at radius 1 is 1.58 bits per heavy atom. The molecule has 12 heavy (non-hydrogen) atoms. The molecule has 0 aliphatic heterocycles. The lowest BCUT2D eigenvalue weighted by Gasteiger charge is -2.00. The van der Waals surface area contributed by atoms with Crippen molar-refractivity contribution in [2.45, 2.75) is 20.3 Å². The molecule has 1 aromatic rings. The van der Waals surface area contributed by atoms with Gasteiger partial charge in [-0.15, -0.1) is 0 Å². The molecular formula is C9H10N2O. The number of nitrogens with zero attached hydrogens (tertiary/aromatic N) is 1. The lowest BCUT2D eigenvalue weighted by atomic mass is 10.1. The Morgan fingerprint density at radius 3 is 2.75 bits per heavy atom. The van der Waals surface area contributed by atoms with Crippen molar-refractivity contribution in [3.63, 3.8) is 0 Å². The van der Waals surface area contributed by atoms with Crippen LogP contribution in [0.4, 0.5) is 0 Å². The summed E-state index contributed by atoms with van der Waals surface area (Å²) in [5, 5.41) is 8.44. The second-order valence-corrected chi connectivity index (χ2v) is 2.78. The predicted molar refractivity (Wildman–Crippen MR) is 45.9 cm³/mol. The van der Waals surface area contributed by atoms with E-state index >= 15 is 0 Å². The molecule has 0 aromatic carbocycles. The van der Waals surface area contributed by atoms with E-state index in [1.54, 1.807) is 0 Å². The minimum absolute atomic E-state index is 0.144. The number of rotatable bonds is 1. The van der Waals surface area contributed by atoms with Gasteiger partial charge in [-0.2, -0.15) is 5.26 Å². The zero-order chi connectivity index (χ0) is 9.14.